The van der Waals surface area contributed by atoms with Crippen LogP contribution in [0.1, 0.15) is 58.8 Å². The fourth-order valence-corrected chi connectivity index (χ4v) is 2.36. The molecule has 2 heteroatoms. The Labute approximate surface area is 101 Å². The number of ether oxygens (including phenoxy) is 1. The minimum Gasteiger partial charge on any atom is -0.381 e. The Hall–Kier alpha value is -0.0800. The van der Waals surface area contributed by atoms with E-state index in [9.17, 15) is 0 Å². The molecular weight excluding hydrogens is 198 g/mol. The van der Waals surface area contributed by atoms with E-state index in [0.29, 0.717) is 6.04 Å². The van der Waals surface area contributed by atoms with Gasteiger partial charge in [-0.2, -0.15) is 0 Å². The highest BCUT2D eigenvalue weighted by molar-refractivity contribution is 4.65. The average molecular weight is 227 g/mol. The van der Waals surface area contributed by atoms with Gasteiger partial charge in [0.1, 0.15) is 0 Å². The summed E-state index contributed by atoms with van der Waals surface area (Å²) in [6.07, 6.45) is 9.42. The van der Waals surface area contributed by atoms with E-state index in [1.165, 1.54) is 38.5 Å². The van der Waals surface area contributed by atoms with Gasteiger partial charge in [0.05, 0.1) is 0 Å². The van der Waals surface area contributed by atoms with E-state index in [2.05, 4.69) is 19.2 Å². The fraction of sp³-hybridized carbons (Fsp3) is 1.00. The molecule has 1 unspecified atom stereocenters. The first-order valence-electron chi connectivity index (χ1n) is 7.14. The molecule has 0 saturated heterocycles. The second kappa shape index (κ2) is 9.00. The van der Waals surface area contributed by atoms with Crippen molar-refractivity contribution in [2.45, 2.75) is 64.8 Å². The van der Waals surface area contributed by atoms with Crippen LogP contribution in [-0.2, 0) is 4.74 Å². The maximum Gasteiger partial charge on any atom is 0.0494 e. The van der Waals surface area contributed by atoms with Gasteiger partial charge in [-0.15, -0.1) is 0 Å². The molecule has 0 bridgehead atoms. The number of hydrogen-bond acceptors (Lipinski definition) is 2. The molecule has 2 nitrogen and oxygen atoms in total. The Kier molecular flexibility index (Phi) is 7.87. The van der Waals surface area contributed by atoms with Crippen molar-refractivity contribution in [1.29, 1.82) is 0 Å². The van der Waals surface area contributed by atoms with Gasteiger partial charge >= 0.3 is 0 Å². The maximum atomic E-state index is 5.78. The summed E-state index contributed by atoms with van der Waals surface area (Å²) in [6, 6.07) is 0.603. The van der Waals surface area contributed by atoms with Gasteiger partial charge < -0.3 is 10.1 Å². The van der Waals surface area contributed by atoms with Gasteiger partial charge in [-0.05, 0) is 45.1 Å². The molecule has 0 heterocycles. The van der Waals surface area contributed by atoms with E-state index in [-0.39, 0.29) is 0 Å². The van der Waals surface area contributed by atoms with Crippen LogP contribution in [-0.4, -0.2) is 25.8 Å². The predicted octanol–water partition coefficient (Wildman–Crippen LogP) is 3.36. The van der Waals surface area contributed by atoms with Gasteiger partial charge in [0.15, 0.2) is 0 Å². The molecule has 0 amide bonds. The van der Waals surface area contributed by atoms with Crippen molar-refractivity contribution in [1.82, 2.24) is 5.32 Å². The van der Waals surface area contributed by atoms with E-state index in [1.807, 2.05) is 0 Å². The molecule has 0 aromatic rings. The summed E-state index contributed by atoms with van der Waals surface area (Å²) in [7, 11) is 0. The molecule has 1 aliphatic carbocycles. The van der Waals surface area contributed by atoms with E-state index in [4.69, 9.17) is 4.74 Å². The highest BCUT2D eigenvalue weighted by atomic mass is 16.5. The second-order valence-corrected chi connectivity index (χ2v) is 5.22. The van der Waals surface area contributed by atoms with E-state index >= 15 is 0 Å². The van der Waals surface area contributed by atoms with Crippen molar-refractivity contribution in [2.24, 2.45) is 5.92 Å². The molecule has 1 N–H and O–H groups in total. The minimum absolute atomic E-state index is 0.603. The summed E-state index contributed by atoms with van der Waals surface area (Å²) in [5.41, 5.74) is 0. The van der Waals surface area contributed by atoms with E-state index < -0.39 is 0 Å². The fourth-order valence-electron chi connectivity index (χ4n) is 2.36. The molecule has 1 rings (SSSR count). The lowest BCUT2D eigenvalue weighted by Crippen LogP contribution is -2.28. The van der Waals surface area contributed by atoms with Crippen LogP contribution >= 0.6 is 0 Å². The zero-order valence-electron chi connectivity index (χ0n) is 11.1. The average Bonchev–Trinajstić information content (AvgIpc) is 2.33. The molecule has 16 heavy (non-hydrogen) atoms. The van der Waals surface area contributed by atoms with Crippen molar-refractivity contribution in [2.75, 3.05) is 19.8 Å². The van der Waals surface area contributed by atoms with Crippen molar-refractivity contribution < 1.29 is 4.74 Å². The van der Waals surface area contributed by atoms with Crippen molar-refractivity contribution in [3.8, 4) is 0 Å². The molecule has 1 aliphatic rings. The molecule has 96 valence electrons. The maximum absolute atomic E-state index is 5.78. The van der Waals surface area contributed by atoms with Crippen LogP contribution in [0.25, 0.3) is 0 Å². The van der Waals surface area contributed by atoms with Gasteiger partial charge in [0.2, 0.25) is 0 Å². The van der Waals surface area contributed by atoms with Gasteiger partial charge in [0, 0.05) is 19.3 Å². The Balaban J connectivity index is 1.90. The van der Waals surface area contributed by atoms with Gasteiger partial charge in [-0.3, -0.25) is 0 Å². The summed E-state index contributed by atoms with van der Waals surface area (Å²) in [6.45, 7) is 7.51. The van der Waals surface area contributed by atoms with E-state index in [1.54, 1.807) is 0 Å². The Morgan fingerprint density at radius 3 is 2.69 bits per heavy atom. The molecule has 1 atom stereocenters. The van der Waals surface area contributed by atoms with Crippen molar-refractivity contribution in [3.63, 3.8) is 0 Å². The molecule has 0 aromatic carbocycles. The number of rotatable bonds is 8. The normalized spacial score (nSPS) is 19.9. The minimum atomic E-state index is 0.603. The number of nitrogens with one attached hydrogen (secondary N) is 1. The van der Waals surface area contributed by atoms with E-state index in [0.717, 1.165) is 32.1 Å². The van der Waals surface area contributed by atoms with Crippen molar-refractivity contribution >= 4 is 0 Å². The lowest BCUT2D eigenvalue weighted by atomic mass is 9.90. The molecule has 0 aliphatic heterocycles. The van der Waals surface area contributed by atoms with Crippen LogP contribution < -0.4 is 5.32 Å². The predicted molar refractivity (Wildman–Crippen MR) is 69.8 cm³/mol. The van der Waals surface area contributed by atoms with Crippen LogP contribution in [0.2, 0.25) is 0 Å². The third-order valence-electron chi connectivity index (χ3n) is 3.52. The standard InChI is InChI=1S/C14H29NO/c1-3-10-15-13(2)9-11-16-12-14-7-5-4-6-8-14/h13-15H,3-12H2,1-2H3. The summed E-state index contributed by atoms with van der Waals surface area (Å²) in [5, 5.41) is 3.49. The number of hydrogen-bond donors (Lipinski definition) is 1. The van der Waals surface area contributed by atoms with Crippen molar-refractivity contribution in [3.05, 3.63) is 0 Å². The zero-order valence-corrected chi connectivity index (χ0v) is 11.1. The summed E-state index contributed by atoms with van der Waals surface area (Å²) in [5.74, 6) is 0.854. The summed E-state index contributed by atoms with van der Waals surface area (Å²) >= 11 is 0. The van der Waals surface area contributed by atoms with Crippen LogP contribution in [0, 0.1) is 5.92 Å². The largest absolute Gasteiger partial charge is 0.381 e. The molecule has 0 spiro atoms. The molecule has 0 aromatic heterocycles. The second-order valence-electron chi connectivity index (χ2n) is 5.22. The Morgan fingerprint density at radius 2 is 2.00 bits per heavy atom. The van der Waals surface area contributed by atoms with Crippen LogP contribution in [0.3, 0.4) is 0 Å². The Morgan fingerprint density at radius 1 is 1.25 bits per heavy atom. The van der Waals surface area contributed by atoms with Gasteiger partial charge in [-0.25, -0.2) is 0 Å². The topological polar surface area (TPSA) is 21.3 Å². The molecule has 1 fully saturated rings. The third kappa shape index (κ3) is 6.49. The van der Waals surface area contributed by atoms with Gasteiger partial charge in [0.25, 0.3) is 0 Å². The van der Waals surface area contributed by atoms with Crippen LogP contribution in [0.4, 0.5) is 0 Å². The highest BCUT2D eigenvalue weighted by Gasteiger charge is 2.13. The third-order valence-corrected chi connectivity index (χ3v) is 3.52. The summed E-state index contributed by atoms with van der Waals surface area (Å²) in [4.78, 5) is 0. The first kappa shape index (κ1) is 14.0. The first-order chi connectivity index (χ1) is 7.83. The quantitative estimate of drug-likeness (QED) is 0.642. The van der Waals surface area contributed by atoms with Crippen LogP contribution in [0.5, 0.6) is 0 Å². The lowest BCUT2D eigenvalue weighted by Gasteiger charge is -2.21. The smallest absolute Gasteiger partial charge is 0.0494 e. The SMILES string of the molecule is CCCNC(C)CCOCC1CCCCC1. The zero-order chi connectivity index (χ0) is 11.6. The monoisotopic (exact) mass is 227 g/mol. The lowest BCUT2D eigenvalue weighted by molar-refractivity contribution is 0.0796. The molecule has 0 radical (unpaired) electrons. The Bertz CT molecular complexity index is 155. The highest BCUT2D eigenvalue weighted by Crippen LogP contribution is 2.23. The summed E-state index contributed by atoms with van der Waals surface area (Å²) < 4.78 is 5.78. The van der Waals surface area contributed by atoms with Gasteiger partial charge in [-0.1, -0.05) is 26.2 Å². The molecular formula is C14H29NO. The first-order valence-corrected chi connectivity index (χ1v) is 7.14. The molecule has 1 saturated carbocycles. The van der Waals surface area contributed by atoms with Crippen LogP contribution in [0.15, 0.2) is 0 Å².